The fraction of sp³-hybridized carbons (Fsp3) is 0.296. The Kier molecular flexibility index (Phi) is 6.27. The SMILES string of the molecule is COCOc1ccccc1-c1cc(N2CC3CCC(C2)N3c2nc(-c3ccc(O)cc3)cs2)c(N)nn1. The minimum absolute atomic E-state index is 0.156. The fourth-order valence-corrected chi connectivity index (χ4v) is 6.24. The van der Waals surface area contributed by atoms with Gasteiger partial charge in [0.1, 0.15) is 11.5 Å². The zero-order valence-electron chi connectivity index (χ0n) is 20.4. The van der Waals surface area contributed by atoms with Crippen LogP contribution >= 0.6 is 11.3 Å². The van der Waals surface area contributed by atoms with E-state index in [4.69, 9.17) is 20.2 Å². The maximum Gasteiger partial charge on any atom is 0.188 e. The molecule has 10 heteroatoms. The summed E-state index contributed by atoms with van der Waals surface area (Å²) in [6, 6.07) is 17.6. The van der Waals surface area contributed by atoms with Gasteiger partial charge in [-0.25, -0.2) is 4.98 Å². The average Bonchev–Trinajstić information content (AvgIpc) is 3.50. The van der Waals surface area contributed by atoms with Gasteiger partial charge in [0, 0.05) is 48.8 Å². The molecule has 37 heavy (non-hydrogen) atoms. The van der Waals surface area contributed by atoms with Crippen molar-refractivity contribution in [1.82, 2.24) is 15.2 Å². The Bertz CT molecular complexity index is 1380. The highest BCUT2D eigenvalue weighted by molar-refractivity contribution is 7.14. The number of aromatic hydroxyl groups is 1. The first-order valence-electron chi connectivity index (χ1n) is 12.2. The maximum atomic E-state index is 9.60. The number of aromatic nitrogens is 3. The van der Waals surface area contributed by atoms with Crippen LogP contribution in [-0.4, -0.2) is 59.4 Å². The summed E-state index contributed by atoms with van der Waals surface area (Å²) < 4.78 is 10.8. The molecular weight excluding hydrogens is 488 g/mol. The third-order valence-corrected chi connectivity index (χ3v) is 7.85. The zero-order chi connectivity index (χ0) is 25.4. The van der Waals surface area contributed by atoms with Gasteiger partial charge < -0.3 is 30.1 Å². The molecule has 0 spiro atoms. The quantitative estimate of drug-likeness (QED) is 0.346. The third kappa shape index (κ3) is 4.54. The number of phenolic OH excluding ortho intramolecular Hbond substituents is 1. The van der Waals surface area contributed by atoms with E-state index in [1.807, 2.05) is 42.5 Å². The highest BCUT2D eigenvalue weighted by Crippen LogP contribution is 2.41. The first-order valence-corrected chi connectivity index (χ1v) is 13.1. The zero-order valence-corrected chi connectivity index (χ0v) is 21.3. The monoisotopic (exact) mass is 516 g/mol. The van der Waals surface area contributed by atoms with Gasteiger partial charge in [0.25, 0.3) is 0 Å². The van der Waals surface area contributed by atoms with Gasteiger partial charge in [0.2, 0.25) is 0 Å². The van der Waals surface area contributed by atoms with Crippen molar-refractivity contribution in [1.29, 1.82) is 0 Å². The number of rotatable bonds is 7. The lowest BCUT2D eigenvalue weighted by atomic mass is 10.1. The molecule has 2 saturated heterocycles. The summed E-state index contributed by atoms with van der Waals surface area (Å²) in [4.78, 5) is 9.76. The van der Waals surface area contributed by atoms with Crippen molar-refractivity contribution in [3.05, 3.63) is 60.0 Å². The number of nitrogens with zero attached hydrogens (tertiary/aromatic N) is 5. The Morgan fingerprint density at radius 1 is 1.03 bits per heavy atom. The molecule has 0 saturated carbocycles. The molecule has 0 aliphatic carbocycles. The van der Waals surface area contributed by atoms with Crippen molar-refractivity contribution in [2.75, 3.05) is 42.5 Å². The summed E-state index contributed by atoms with van der Waals surface area (Å²) in [5.74, 6) is 1.37. The van der Waals surface area contributed by atoms with Crippen LogP contribution < -0.4 is 20.3 Å². The van der Waals surface area contributed by atoms with Crippen molar-refractivity contribution >= 4 is 28.0 Å². The molecule has 0 radical (unpaired) electrons. The lowest BCUT2D eigenvalue weighted by Crippen LogP contribution is -2.54. The summed E-state index contributed by atoms with van der Waals surface area (Å²) in [5, 5.41) is 21.4. The average molecular weight is 517 g/mol. The molecule has 2 unspecified atom stereocenters. The number of phenols is 1. The van der Waals surface area contributed by atoms with E-state index in [1.54, 1.807) is 30.6 Å². The van der Waals surface area contributed by atoms with Gasteiger partial charge in [-0.05, 0) is 55.3 Å². The van der Waals surface area contributed by atoms with E-state index in [-0.39, 0.29) is 12.5 Å². The molecule has 4 aromatic rings. The molecular formula is C27H28N6O3S. The maximum absolute atomic E-state index is 9.60. The number of fused-ring (bicyclic) bond motifs is 2. The standard InChI is InChI=1S/C27H28N6O3S/c1-35-16-36-25-5-3-2-4-21(25)22-12-24(26(28)31-30-22)32-13-18-8-9-19(14-32)33(18)27-29-23(15-37-27)17-6-10-20(34)11-7-17/h2-7,10-12,15,18-19,34H,8-9,13-14,16H2,1H3,(H2,28,31). The summed E-state index contributed by atoms with van der Waals surface area (Å²) >= 11 is 1.67. The van der Waals surface area contributed by atoms with E-state index in [1.165, 1.54) is 0 Å². The van der Waals surface area contributed by atoms with Gasteiger partial charge in [0.15, 0.2) is 17.7 Å². The molecule has 9 nitrogen and oxygen atoms in total. The molecule has 2 atom stereocenters. The number of ether oxygens (including phenoxy) is 2. The van der Waals surface area contributed by atoms with Crippen LogP contribution in [0.15, 0.2) is 60.0 Å². The van der Waals surface area contributed by atoms with Gasteiger partial charge in [0.05, 0.1) is 17.1 Å². The van der Waals surface area contributed by atoms with E-state index in [9.17, 15) is 5.11 Å². The molecule has 3 N–H and O–H groups in total. The molecule has 2 aromatic heterocycles. The Morgan fingerprint density at radius 3 is 2.54 bits per heavy atom. The largest absolute Gasteiger partial charge is 0.508 e. The van der Waals surface area contributed by atoms with E-state index in [0.29, 0.717) is 29.3 Å². The molecule has 190 valence electrons. The van der Waals surface area contributed by atoms with Crippen LogP contribution in [0.4, 0.5) is 16.6 Å². The molecule has 2 aliphatic heterocycles. The Labute approximate surface area is 219 Å². The van der Waals surface area contributed by atoms with E-state index >= 15 is 0 Å². The molecule has 2 aliphatic rings. The second kappa shape index (κ2) is 9.87. The first kappa shape index (κ1) is 23.5. The Balaban J connectivity index is 1.24. The number of piperazine rings is 1. The first-order chi connectivity index (χ1) is 18.1. The van der Waals surface area contributed by atoms with E-state index < -0.39 is 0 Å². The minimum atomic E-state index is 0.156. The number of nitrogens with two attached hydrogens (primary N) is 1. The molecule has 2 bridgehead atoms. The highest BCUT2D eigenvalue weighted by atomic mass is 32.1. The van der Waals surface area contributed by atoms with Crippen LogP contribution in [0.1, 0.15) is 12.8 Å². The van der Waals surface area contributed by atoms with Crippen molar-refractivity contribution in [3.8, 4) is 34.0 Å². The second-order valence-corrected chi connectivity index (χ2v) is 10.1. The van der Waals surface area contributed by atoms with Crippen molar-refractivity contribution < 1.29 is 14.6 Å². The van der Waals surface area contributed by atoms with Gasteiger partial charge in [-0.1, -0.05) is 12.1 Å². The number of para-hydroxylation sites is 1. The summed E-state index contributed by atoms with van der Waals surface area (Å²) in [6.07, 6.45) is 2.21. The van der Waals surface area contributed by atoms with Crippen LogP contribution in [0.2, 0.25) is 0 Å². The number of thiazole rings is 1. The van der Waals surface area contributed by atoms with Gasteiger partial charge in [-0.2, -0.15) is 0 Å². The summed E-state index contributed by atoms with van der Waals surface area (Å²) in [6.45, 7) is 1.83. The predicted molar refractivity (Wildman–Crippen MR) is 145 cm³/mol. The molecule has 6 rings (SSSR count). The third-order valence-electron chi connectivity index (χ3n) is 7.00. The Morgan fingerprint density at radius 2 is 1.78 bits per heavy atom. The van der Waals surface area contributed by atoms with Crippen molar-refractivity contribution in [3.63, 3.8) is 0 Å². The molecule has 0 amide bonds. The normalized spacial score (nSPS) is 18.8. The summed E-state index contributed by atoms with van der Waals surface area (Å²) in [7, 11) is 1.59. The van der Waals surface area contributed by atoms with Crippen LogP contribution in [0, 0.1) is 0 Å². The van der Waals surface area contributed by atoms with Crippen molar-refractivity contribution in [2.24, 2.45) is 0 Å². The number of anilines is 3. The van der Waals surface area contributed by atoms with Crippen molar-refractivity contribution in [2.45, 2.75) is 24.9 Å². The minimum Gasteiger partial charge on any atom is -0.508 e. The lowest BCUT2D eigenvalue weighted by molar-refractivity contribution is 0.0515. The van der Waals surface area contributed by atoms with E-state index in [0.717, 1.165) is 53.6 Å². The second-order valence-electron chi connectivity index (χ2n) is 9.31. The molecule has 4 heterocycles. The molecule has 2 fully saturated rings. The smallest absolute Gasteiger partial charge is 0.188 e. The number of nitrogen functional groups attached to an aromatic ring is 1. The van der Waals surface area contributed by atoms with Gasteiger partial charge in [-0.3, -0.25) is 0 Å². The van der Waals surface area contributed by atoms with Gasteiger partial charge in [-0.15, -0.1) is 21.5 Å². The summed E-state index contributed by atoms with van der Waals surface area (Å²) in [5.41, 5.74) is 10.7. The van der Waals surface area contributed by atoms with Crippen LogP contribution in [-0.2, 0) is 4.74 Å². The topological polar surface area (TPSA) is 110 Å². The van der Waals surface area contributed by atoms with Crippen LogP contribution in [0.25, 0.3) is 22.5 Å². The van der Waals surface area contributed by atoms with Gasteiger partial charge >= 0.3 is 0 Å². The number of benzene rings is 2. The predicted octanol–water partition coefficient (Wildman–Crippen LogP) is 4.40. The number of hydrogen-bond donors (Lipinski definition) is 2. The van der Waals surface area contributed by atoms with Crippen LogP contribution in [0.3, 0.4) is 0 Å². The molecule has 2 aromatic carbocycles. The highest BCUT2D eigenvalue weighted by Gasteiger charge is 2.42. The fourth-order valence-electron chi connectivity index (χ4n) is 5.26. The number of hydrogen-bond acceptors (Lipinski definition) is 10. The van der Waals surface area contributed by atoms with E-state index in [2.05, 4.69) is 25.4 Å². The lowest BCUT2D eigenvalue weighted by Gasteiger charge is -2.42. The Hall–Kier alpha value is -3.89. The van der Waals surface area contributed by atoms with Crippen LogP contribution in [0.5, 0.6) is 11.5 Å². The number of methoxy groups -OCH3 is 1.